The molecule has 0 bridgehead atoms. The highest BCUT2D eigenvalue weighted by Gasteiger charge is 2.14. The highest BCUT2D eigenvalue weighted by atomic mass is 16.7. The largest absolute Gasteiger partial charge is 0.382 e. The van der Waals surface area contributed by atoms with E-state index >= 15 is 0 Å². The van der Waals surface area contributed by atoms with Crippen LogP contribution < -0.4 is 5.73 Å². The van der Waals surface area contributed by atoms with Crippen LogP contribution in [0.4, 0.5) is 5.82 Å². The van der Waals surface area contributed by atoms with Gasteiger partial charge in [0.15, 0.2) is 6.29 Å². The van der Waals surface area contributed by atoms with Gasteiger partial charge in [-0.25, -0.2) is 0 Å². The molecule has 2 heterocycles. The molecule has 0 aromatic carbocycles. The van der Waals surface area contributed by atoms with Gasteiger partial charge in [-0.1, -0.05) is 0 Å². The quantitative estimate of drug-likeness (QED) is 0.811. The van der Waals surface area contributed by atoms with Gasteiger partial charge < -0.3 is 15.2 Å². The molecular weight excluding hydrogens is 194 g/mol. The predicted octanol–water partition coefficient (Wildman–Crippen LogP) is 1.05. The number of anilines is 1. The van der Waals surface area contributed by atoms with Crippen LogP contribution >= 0.6 is 0 Å². The topological polar surface area (TPSA) is 62.3 Å². The van der Waals surface area contributed by atoms with Crippen molar-refractivity contribution in [2.75, 3.05) is 12.3 Å². The van der Waals surface area contributed by atoms with Gasteiger partial charge in [0.05, 0.1) is 12.3 Å². The number of aromatic nitrogens is 2. The van der Waals surface area contributed by atoms with E-state index in [0.29, 0.717) is 12.4 Å². The summed E-state index contributed by atoms with van der Waals surface area (Å²) in [4.78, 5) is 0. The summed E-state index contributed by atoms with van der Waals surface area (Å²) in [5.41, 5.74) is 6.54. The standard InChI is InChI=1S/C10H17N3O2/c1-13-8(6-9(11)12-13)7-15-10-4-2-3-5-14-10/h6,10H,2-5,7H2,1H3,(H2,11,12)/t10-/m1/s1. The van der Waals surface area contributed by atoms with Gasteiger partial charge >= 0.3 is 0 Å². The smallest absolute Gasteiger partial charge is 0.158 e. The van der Waals surface area contributed by atoms with Crippen molar-refractivity contribution in [2.45, 2.75) is 32.2 Å². The van der Waals surface area contributed by atoms with Gasteiger partial charge in [0.25, 0.3) is 0 Å². The van der Waals surface area contributed by atoms with Gasteiger partial charge in [0.1, 0.15) is 5.82 Å². The SMILES string of the molecule is Cn1nc(N)cc1CO[C@@H]1CCCCO1. The van der Waals surface area contributed by atoms with Crippen LogP contribution in [0.2, 0.25) is 0 Å². The molecule has 0 amide bonds. The average Bonchev–Trinajstić information content (AvgIpc) is 2.56. The molecule has 0 saturated carbocycles. The predicted molar refractivity (Wildman–Crippen MR) is 56.0 cm³/mol. The third-order valence-corrected chi connectivity index (χ3v) is 2.55. The number of nitrogens with two attached hydrogens (primary N) is 1. The van der Waals surface area contributed by atoms with Crippen molar-refractivity contribution < 1.29 is 9.47 Å². The molecule has 1 aromatic rings. The molecule has 1 aliphatic rings. The lowest BCUT2D eigenvalue weighted by Crippen LogP contribution is -2.22. The van der Waals surface area contributed by atoms with Crippen molar-refractivity contribution in [3.8, 4) is 0 Å². The molecule has 2 rings (SSSR count). The van der Waals surface area contributed by atoms with Gasteiger partial charge in [-0.05, 0) is 19.3 Å². The van der Waals surface area contributed by atoms with Crippen molar-refractivity contribution in [2.24, 2.45) is 7.05 Å². The zero-order valence-electron chi connectivity index (χ0n) is 8.98. The number of rotatable bonds is 3. The van der Waals surface area contributed by atoms with Crippen molar-refractivity contribution in [3.63, 3.8) is 0 Å². The van der Waals surface area contributed by atoms with E-state index in [1.165, 1.54) is 6.42 Å². The van der Waals surface area contributed by atoms with E-state index in [0.717, 1.165) is 25.1 Å². The van der Waals surface area contributed by atoms with E-state index in [1.807, 2.05) is 13.1 Å². The molecule has 5 heteroatoms. The average molecular weight is 211 g/mol. The lowest BCUT2D eigenvalue weighted by atomic mass is 10.2. The van der Waals surface area contributed by atoms with E-state index < -0.39 is 0 Å². The molecule has 2 N–H and O–H groups in total. The van der Waals surface area contributed by atoms with Crippen LogP contribution in [0.3, 0.4) is 0 Å². The molecule has 0 unspecified atom stereocenters. The third kappa shape index (κ3) is 2.70. The summed E-state index contributed by atoms with van der Waals surface area (Å²) in [5.74, 6) is 0.528. The molecule has 1 saturated heterocycles. The number of hydrogen-bond donors (Lipinski definition) is 1. The van der Waals surface area contributed by atoms with E-state index in [-0.39, 0.29) is 6.29 Å². The maximum Gasteiger partial charge on any atom is 0.158 e. The summed E-state index contributed by atoms with van der Waals surface area (Å²) in [6.45, 7) is 1.31. The van der Waals surface area contributed by atoms with E-state index in [4.69, 9.17) is 15.2 Å². The lowest BCUT2D eigenvalue weighted by Gasteiger charge is -2.22. The first-order chi connectivity index (χ1) is 7.25. The van der Waals surface area contributed by atoms with E-state index in [9.17, 15) is 0 Å². The summed E-state index contributed by atoms with van der Waals surface area (Å²) in [6, 6.07) is 1.82. The second-order valence-electron chi connectivity index (χ2n) is 3.79. The molecule has 0 spiro atoms. The number of aryl methyl sites for hydroxylation is 1. The fourth-order valence-corrected chi connectivity index (χ4v) is 1.69. The van der Waals surface area contributed by atoms with Gasteiger partial charge in [-0.3, -0.25) is 4.68 Å². The Kier molecular flexibility index (Phi) is 3.23. The van der Waals surface area contributed by atoms with Gasteiger partial charge in [0, 0.05) is 19.7 Å². The molecule has 84 valence electrons. The third-order valence-electron chi connectivity index (χ3n) is 2.55. The zero-order valence-corrected chi connectivity index (χ0v) is 8.98. The molecule has 15 heavy (non-hydrogen) atoms. The first kappa shape index (κ1) is 10.4. The van der Waals surface area contributed by atoms with Crippen molar-refractivity contribution in [1.29, 1.82) is 0 Å². The molecule has 1 fully saturated rings. The van der Waals surface area contributed by atoms with Crippen LogP contribution in [0.15, 0.2) is 6.07 Å². The highest BCUT2D eigenvalue weighted by Crippen LogP contribution is 2.16. The first-order valence-corrected chi connectivity index (χ1v) is 5.27. The number of nitrogens with zero attached hydrogens (tertiary/aromatic N) is 2. The van der Waals surface area contributed by atoms with Crippen LogP contribution in [0, 0.1) is 0 Å². The fourth-order valence-electron chi connectivity index (χ4n) is 1.69. The van der Waals surface area contributed by atoms with Gasteiger partial charge in [-0.2, -0.15) is 5.10 Å². The zero-order chi connectivity index (χ0) is 10.7. The number of nitrogen functional groups attached to an aromatic ring is 1. The molecule has 0 aliphatic carbocycles. The van der Waals surface area contributed by atoms with Gasteiger partial charge in [-0.15, -0.1) is 0 Å². The Labute approximate surface area is 89.2 Å². The Hall–Kier alpha value is -1.07. The second-order valence-corrected chi connectivity index (χ2v) is 3.79. The minimum absolute atomic E-state index is 0.0603. The molecule has 0 radical (unpaired) electrons. The Morgan fingerprint density at radius 1 is 1.67 bits per heavy atom. The number of ether oxygens (including phenoxy) is 2. The summed E-state index contributed by atoms with van der Waals surface area (Å²) >= 11 is 0. The van der Waals surface area contributed by atoms with Crippen LogP contribution in [-0.4, -0.2) is 22.7 Å². The fraction of sp³-hybridized carbons (Fsp3) is 0.700. The van der Waals surface area contributed by atoms with E-state index in [1.54, 1.807) is 4.68 Å². The van der Waals surface area contributed by atoms with Crippen LogP contribution in [0.25, 0.3) is 0 Å². The minimum atomic E-state index is -0.0603. The van der Waals surface area contributed by atoms with Crippen molar-refractivity contribution in [1.82, 2.24) is 9.78 Å². The van der Waals surface area contributed by atoms with Crippen LogP contribution in [-0.2, 0) is 23.1 Å². The molecular formula is C10H17N3O2. The summed E-state index contributed by atoms with van der Waals surface area (Å²) in [6.07, 6.45) is 3.24. The summed E-state index contributed by atoms with van der Waals surface area (Å²) < 4.78 is 12.8. The van der Waals surface area contributed by atoms with Crippen LogP contribution in [0.5, 0.6) is 0 Å². The van der Waals surface area contributed by atoms with E-state index in [2.05, 4.69) is 5.10 Å². The Morgan fingerprint density at radius 3 is 3.13 bits per heavy atom. The highest BCUT2D eigenvalue weighted by molar-refractivity contribution is 5.28. The maximum atomic E-state index is 5.62. The van der Waals surface area contributed by atoms with Gasteiger partial charge in [0.2, 0.25) is 0 Å². The van der Waals surface area contributed by atoms with Crippen LogP contribution in [0.1, 0.15) is 25.0 Å². The normalized spacial score (nSPS) is 21.8. The minimum Gasteiger partial charge on any atom is -0.382 e. The lowest BCUT2D eigenvalue weighted by molar-refractivity contribution is -0.169. The monoisotopic (exact) mass is 211 g/mol. The van der Waals surface area contributed by atoms with Crippen molar-refractivity contribution >= 4 is 5.82 Å². The summed E-state index contributed by atoms with van der Waals surface area (Å²) in [5, 5.41) is 4.05. The molecule has 1 aliphatic heterocycles. The molecule has 1 atom stereocenters. The number of hydrogen-bond acceptors (Lipinski definition) is 4. The summed E-state index contributed by atoms with van der Waals surface area (Å²) in [7, 11) is 1.86. The Morgan fingerprint density at radius 2 is 2.53 bits per heavy atom. The first-order valence-electron chi connectivity index (χ1n) is 5.27. The maximum absolute atomic E-state index is 5.62. The van der Waals surface area contributed by atoms with Crippen molar-refractivity contribution in [3.05, 3.63) is 11.8 Å². The molecule has 5 nitrogen and oxygen atoms in total. The Bertz CT molecular complexity index is 318. The second kappa shape index (κ2) is 4.63. The Balaban J connectivity index is 1.84. The molecule has 1 aromatic heterocycles.